The van der Waals surface area contributed by atoms with Gasteiger partial charge in [-0.1, -0.05) is 30.1 Å². The van der Waals surface area contributed by atoms with Crippen molar-refractivity contribution < 1.29 is 0 Å². The fourth-order valence-corrected chi connectivity index (χ4v) is 2.36. The summed E-state index contributed by atoms with van der Waals surface area (Å²) in [5, 5.41) is 4.87. The van der Waals surface area contributed by atoms with E-state index in [2.05, 4.69) is 12.2 Å². The second-order valence-electron chi connectivity index (χ2n) is 3.43. The lowest BCUT2D eigenvalue weighted by atomic mass is 9.93. The molecule has 2 rings (SSSR count). The van der Waals surface area contributed by atoms with Crippen molar-refractivity contribution in [1.29, 1.82) is 0 Å². The molecule has 1 aromatic carbocycles. The molecule has 0 spiro atoms. The summed E-state index contributed by atoms with van der Waals surface area (Å²) in [6.07, 6.45) is 1.12. The van der Waals surface area contributed by atoms with Gasteiger partial charge in [-0.2, -0.15) is 0 Å². The molecular formula is C10H11Cl2N. The minimum absolute atomic E-state index is 0.502. The van der Waals surface area contributed by atoms with Crippen LogP contribution in [0.1, 0.15) is 24.8 Å². The molecule has 0 radical (unpaired) electrons. The first-order chi connectivity index (χ1) is 6.20. The zero-order valence-electron chi connectivity index (χ0n) is 7.40. The first-order valence-corrected chi connectivity index (χ1v) is 5.17. The van der Waals surface area contributed by atoms with E-state index in [1.54, 1.807) is 0 Å². The molecule has 13 heavy (non-hydrogen) atoms. The fraction of sp³-hybridized carbons (Fsp3) is 0.400. The number of rotatable bonds is 0. The van der Waals surface area contributed by atoms with Crippen LogP contribution >= 0.6 is 23.2 Å². The van der Waals surface area contributed by atoms with Crippen molar-refractivity contribution >= 4 is 28.9 Å². The van der Waals surface area contributed by atoms with E-state index >= 15 is 0 Å². The van der Waals surface area contributed by atoms with Crippen LogP contribution < -0.4 is 5.32 Å². The second-order valence-corrected chi connectivity index (χ2v) is 4.25. The van der Waals surface area contributed by atoms with Crippen LogP contribution in [0.3, 0.4) is 0 Å². The lowest BCUT2D eigenvalue weighted by molar-refractivity contribution is 0.684. The van der Waals surface area contributed by atoms with E-state index in [0.29, 0.717) is 5.92 Å². The maximum Gasteiger partial charge on any atom is 0.0641 e. The smallest absolute Gasteiger partial charge is 0.0641 e. The van der Waals surface area contributed by atoms with Gasteiger partial charge in [0.15, 0.2) is 0 Å². The summed E-state index contributed by atoms with van der Waals surface area (Å²) in [5.74, 6) is 0.502. The molecular weight excluding hydrogens is 205 g/mol. The highest BCUT2D eigenvalue weighted by Crippen LogP contribution is 2.40. The molecule has 1 atom stereocenters. The molecule has 1 nitrogen and oxygen atoms in total. The van der Waals surface area contributed by atoms with Gasteiger partial charge >= 0.3 is 0 Å². The van der Waals surface area contributed by atoms with Crippen molar-refractivity contribution in [3.8, 4) is 0 Å². The maximum atomic E-state index is 6.11. The van der Waals surface area contributed by atoms with E-state index in [1.165, 1.54) is 5.56 Å². The van der Waals surface area contributed by atoms with E-state index < -0.39 is 0 Å². The molecule has 0 unspecified atom stereocenters. The summed E-state index contributed by atoms with van der Waals surface area (Å²) in [6, 6.07) is 3.71. The van der Waals surface area contributed by atoms with Crippen LogP contribution in [0, 0.1) is 0 Å². The van der Waals surface area contributed by atoms with Crippen LogP contribution in [0.5, 0.6) is 0 Å². The van der Waals surface area contributed by atoms with Crippen molar-refractivity contribution in [1.82, 2.24) is 0 Å². The first-order valence-electron chi connectivity index (χ1n) is 4.42. The highest BCUT2D eigenvalue weighted by Gasteiger charge is 2.20. The lowest BCUT2D eigenvalue weighted by Crippen LogP contribution is -2.15. The SMILES string of the molecule is C[C@@H]1CCNc2c(Cl)ccc(Cl)c21. The Morgan fingerprint density at radius 2 is 2.00 bits per heavy atom. The van der Waals surface area contributed by atoms with E-state index in [-0.39, 0.29) is 0 Å². The van der Waals surface area contributed by atoms with E-state index in [4.69, 9.17) is 23.2 Å². The average Bonchev–Trinajstić information content (AvgIpc) is 2.12. The summed E-state index contributed by atoms with van der Waals surface area (Å²) in [4.78, 5) is 0. The summed E-state index contributed by atoms with van der Waals surface area (Å²) in [5.41, 5.74) is 2.19. The maximum absolute atomic E-state index is 6.11. The van der Waals surface area contributed by atoms with E-state index in [1.807, 2.05) is 12.1 Å². The molecule has 1 N–H and O–H groups in total. The van der Waals surface area contributed by atoms with Crippen molar-refractivity contribution in [2.45, 2.75) is 19.3 Å². The molecule has 0 saturated heterocycles. The van der Waals surface area contributed by atoms with Crippen LogP contribution in [0.15, 0.2) is 12.1 Å². The highest BCUT2D eigenvalue weighted by atomic mass is 35.5. The van der Waals surface area contributed by atoms with Crippen molar-refractivity contribution in [3.05, 3.63) is 27.7 Å². The van der Waals surface area contributed by atoms with Gasteiger partial charge in [0.05, 0.1) is 10.7 Å². The molecule has 0 fully saturated rings. The Balaban J connectivity index is 2.60. The highest BCUT2D eigenvalue weighted by molar-refractivity contribution is 6.36. The van der Waals surface area contributed by atoms with Gasteiger partial charge in [0.25, 0.3) is 0 Å². The zero-order chi connectivity index (χ0) is 9.42. The lowest BCUT2D eigenvalue weighted by Gasteiger charge is -2.25. The Hall–Kier alpha value is -0.400. The van der Waals surface area contributed by atoms with Crippen molar-refractivity contribution in [2.24, 2.45) is 0 Å². The predicted octanol–water partition coefficient (Wildman–Crippen LogP) is 3.91. The molecule has 1 aliphatic heterocycles. The Bertz CT molecular complexity index is 336. The Morgan fingerprint density at radius 3 is 2.69 bits per heavy atom. The topological polar surface area (TPSA) is 12.0 Å². The van der Waals surface area contributed by atoms with Crippen LogP contribution in [-0.4, -0.2) is 6.54 Å². The monoisotopic (exact) mass is 215 g/mol. The van der Waals surface area contributed by atoms with Crippen LogP contribution in [0.25, 0.3) is 0 Å². The van der Waals surface area contributed by atoms with Gasteiger partial charge in [-0.3, -0.25) is 0 Å². The molecule has 0 amide bonds. The van der Waals surface area contributed by atoms with Gasteiger partial charge in [-0.05, 0) is 30.0 Å². The summed E-state index contributed by atoms with van der Waals surface area (Å²) < 4.78 is 0. The third kappa shape index (κ3) is 1.51. The third-order valence-corrected chi connectivity index (χ3v) is 3.16. The van der Waals surface area contributed by atoms with Gasteiger partial charge in [0.1, 0.15) is 0 Å². The minimum Gasteiger partial charge on any atom is -0.384 e. The van der Waals surface area contributed by atoms with Crippen LogP contribution in [0.2, 0.25) is 10.0 Å². The van der Waals surface area contributed by atoms with E-state index in [0.717, 1.165) is 28.7 Å². The van der Waals surface area contributed by atoms with Crippen molar-refractivity contribution in [2.75, 3.05) is 11.9 Å². The number of anilines is 1. The Kier molecular flexibility index (Phi) is 2.39. The molecule has 0 aromatic heterocycles. The molecule has 1 heterocycles. The van der Waals surface area contributed by atoms with Gasteiger partial charge < -0.3 is 5.32 Å². The number of hydrogen-bond donors (Lipinski definition) is 1. The number of hydrogen-bond acceptors (Lipinski definition) is 1. The summed E-state index contributed by atoms with van der Waals surface area (Å²) in [7, 11) is 0. The fourth-order valence-electron chi connectivity index (χ4n) is 1.79. The first kappa shape index (κ1) is 9.17. The number of fused-ring (bicyclic) bond motifs is 1. The Morgan fingerprint density at radius 1 is 1.31 bits per heavy atom. The Labute approximate surface area is 88.0 Å². The van der Waals surface area contributed by atoms with Crippen molar-refractivity contribution in [3.63, 3.8) is 0 Å². The van der Waals surface area contributed by atoms with Gasteiger partial charge in [0.2, 0.25) is 0 Å². The standard InChI is InChI=1S/C10H11Cl2N/c1-6-4-5-13-10-8(12)3-2-7(11)9(6)10/h2-3,6,13H,4-5H2,1H3/t6-/m1/s1. The molecule has 0 bridgehead atoms. The summed E-state index contributed by atoms with van der Waals surface area (Å²) in [6.45, 7) is 3.16. The zero-order valence-corrected chi connectivity index (χ0v) is 8.91. The predicted molar refractivity (Wildman–Crippen MR) is 58.0 cm³/mol. The normalized spacial score (nSPS) is 20.7. The summed E-state index contributed by atoms with van der Waals surface area (Å²) >= 11 is 12.2. The quantitative estimate of drug-likeness (QED) is 0.693. The second kappa shape index (κ2) is 3.39. The molecule has 70 valence electrons. The molecule has 0 aliphatic carbocycles. The molecule has 3 heteroatoms. The van der Waals surface area contributed by atoms with Gasteiger partial charge in [-0.15, -0.1) is 0 Å². The number of halogens is 2. The molecule has 0 saturated carbocycles. The molecule has 1 aliphatic rings. The third-order valence-electron chi connectivity index (χ3n) is 2.51. The largest absolute Gasteiger partial charge is 0.384 e. The average molecular weight is 216 g/mol. The minimum atomic E-state index is 0.502. The number of benzene rings is 1. The van der Waals surface area contributed by atoms with Crippen LogP contribution in [0.4, 0.5) is 5.69 Å². The van der Waals surface area contributed by atoms with Crippen LogP contribution in [-0.2, 0) is 0 Å². The van der Waals surface area contributed by atoms with Gasteiger partial charge in [-0.25, -0.2) is 0 Å². The van der Waals surface area contributed by atoms with Gasteiger partial charge in [0, 0.05) is 11.6 Å². The number of nitrogens with one attached hydrogen (secondary N) is 1. The molecule has 1 aromatic rings. The van der Waals surface area contributed by atoms with E-state index in [9.17, 15) is 0 Å².